The van der Waals surface area contributed by atoms with E-state index in [1.165, 1.54) is 7.11 Å². The quantitative estimate of drug-likeness (QED) is 0.629. The van der Waals surface area contributed by atoms with Gasteiger partial charge in [-0.3, -0.25) is 4.79 Å². The molecule has 0 atom stereocenters. The molecule has 1 aliphatic carbocycles. The first kappa shape index (κ1) is 17.4. The lowest BCUT2D eigenvalue weighted by Gasteiger charge is -2.12. The van der Waals surface area contributed by atoms with Crippen LogP contribution < -0.4 is 14.8 Å². The van der Waals surface area contributed by atoms with Gasteiger partial charge in [-0.1, -0.05) is 12.8 Å². The molecule has 0 aromatic heterocycles. The van der Waals surface area contributed by atoms with Crippen LogP contribution in [0.1, 0.15) is 31.2 Å². The largest absolute Gasteiger partial charge is 0.493 e. The zero-order chi connectivity index (χ0) is 16.8. The zero-order valence-corrected chi connectivity index (χ0v) is 14.8. The molecule has 0 saturated heterocycles. The van der Waals surface area contributed by atoms with Gasteiger partial charge in [0.25, 0.3) is 5.91 Å². The maximum atomic E-state index is 12.2. The van der Waals surface area contributed by atoms with Crippen molar-refractivity contribution in [2.45, 2.75) is 31.7 Å². The van der Waals surface area contributed by atoms with Gasteiger partial charge >= 0.3 is 0 Å². The minimum Gasteiger partial charge on any atom is -0.493 e. The smallest absolute Gasteiger partial charge is 0.262 e. The molecule has 0 unspecified atom stereocenters. The van der Waals surface area contributed by atoms with Crippen molar-refractivity contribution in [2.24, 2.45) is 0 Å². The molecule has 122 valence electrons. The Kier molecular flexibility index (Phi) is 6.05. The van der Waals surface area contributed by atoms with Gasteiger partial charge < -0.3 is 14.8 Å². The van der Waals surface area contributed by atoms with E-state index in [2.05, 4.69) is 21.2 Å². The van der Waals surface area contributed by atoms with Crippen LogP contribution in [0.3, 0.4) is 0 Å². The van der Waals surface area contributed by atoms with Crippen molar-refractivity contribution < 1.29 is 14.3 Å². The number of carbonyl (C=O) groups excluding carboxylic acids is 1. The third-order valence-corrected chi connectivity index (χ3v) is 4.41. The minimum absolute atomic E-state index is 0.0796. The van der Waals surface area contributed by atoms with Crippen molar-refractivity contribution in [2.75, 3.05) is 14.2 Å². The minimum atomic E-state index is -0.328. The van der Waals surface area contributed by atoms with Gasteiger partial charge in [-0.15, -0.1) is 0 Å². The summed E-state index contributed by atoms with van der Waals surface area (Å²) >= 11 is 3.40. The molecule has 1 saturated carbocycles. The molecule has 1 N–H and O–H groups in total. The highest BCUT2D eigenvalue weighted by molar-refractivity contribution is 9.10. The summed E-state index contributed by atoms with van der Waals surface area (Å²) in [5, 5.41) is 12.2. The van der Waals surface area contributed by atoms with Crippen molar-refractivity contribution in [3.8, 4) is 17.6 Å². The van der Waals surface area contributed by atoms with E-state index in [9.17, 15) is 10.1 Å². The molecule has 0 bridgehead atoms. The molecular weight excluding hydrogens is 360 g/mol. The van der Waals surface area contributed by atoms with Crippen molar-refractivity contribution >= 4 is 27.9 Å². The number of ether oxygens (including phenoxy) is 2. The summed E-state index contributed by atoms with van der Waals surface area (Å²) in [5.74, 6) is 0.769. The van der Waals surface area contributed by atoms with Crippen LogP contribution in [0, 0.1) is 11.3 Å². The molecule has 1 aromatic carbocycles. The highest BCUT2D eigenvalue weighted by atomic mass is 79.9. The predicted molar refractivity (Wildman–Crippen MR) is 91.2 cm³/mol. The first-order valence-electron chi connectivity index (χ1n) is 7.43. The summed E-state index contributed by atoms with van der Waals surface area (Å²) in [5.41, 5.74) is 0.767. The number of nitriles is 1. The molecule has 0 aliphatic heterocycles. The molecular formula is C17H19BrN2O3. The summed E-state index contributed by atoms with van der Waals surface area (Å²) in [6.07, 6.45) is 5.76. The molecule has 1 aliphatic rings. The van der Waals surface area contributed by atoms with Gasteiger partial charge in [0, 0.05) is 6.04 Å². The Balaban J connectivity index is 2.25. The predicted octanol–water partition coefficient (Wildman–Crippen LogP) is 3.43. The van der Waals surface area contributed by atoms with Gasteiger partial charge in [-0.2, -0.15) is 5.26 Å². The zero-order valence-electron chi connectivity index (χ0n) is 13.2. The fourth-order valence-corrected chi connectivity index (χ4v) is 3.29. The number of halogens is 1. The Hall–Kier alpha value is -2.00. The fraction of sp³-hybridized carbons (Fsp3) is 0.412. The Morgan fingerprint density at radius 2 is 2.04 bits per heavy atom. The van der Waals surface area contributed by atoms with Crippen molar-refractivity contribution in [3.05, 3.63) is 27.7 Å². The average Bonchev–Trinajstić information content (AvgIpc) is 3.04. The monoisotopic (exact) mass is 378 g/mol. The van der Waals surface area contributed by atoms with Crippen LogP contribution >= 0.6 is 15.9 Å². The molecule has 1 amide bonds. The van der Waals surface area contributed by atoms with E-state index >= 15 is 0 Å². The van der Waals surface area contributed by atoms with Gasteiger partial charge in [0.05, 0.1) is 18.7 Å². The number of benzene rings is 1. The molecule has 23 heavy (non-hydrogen) atoms. The van der Waals surface area contributed by atoms with Gasteiger partial charge in [-0.25, -0.2) is 0 Å². The normalized spacial score (nSPS) is 15.1. The number of rotatable bonds is 5. The van der Waals surface area contributed by atoms with E-state index < -0.39 is 0 Å². The topological polar surface area (TPSA) is 71.3 Å². The number of nitrogens with one attached hydrogen (secondary N) is 1. The van der Waals surface area contributed by atoms with Crippen LogP contribution in [0.25, 0.3) is 6.08 Å². The van der Waals surface area contributed by atoms with Gasteiger partial charge in [0.2, 0.25) is 0 Å². The van der Waals surface area contributed by atoms with Crippen molar-refractivity contribution in [1.82, 2.24) is 5.32 Å². The molecule has 1 aromatic rings. The summed E-state index contributed by atoms with van der Waals surface area (Å²) in [6.45, 7) is 0. The number of amides is 1. The van der Waals surface area contributed by atoms with Gasteiger partial charge in [-0.05, 0) is 52.5 Å². The van der Waals surface area contributed by atoms with Crippen LogP contribution in [-0.2, 0) is 4.79 Å². The summed E-state index contributed by atoms with van der Waals surface area (Å²) < 4.78 is 11.2. The highest BCUT2D eigenvalue weighted by Gasteiger charge is 2.19. The van der Waals surface area contributed by atoms with Crippen LogP contribution in [-0.4, -0.2) is 26.2 Å². The van der Waals surface area contributed by atoms with Crippen molar-refractivity contribution in [1.29, 1.82) is 5.26 Å². The second-order valence-corrected chi connectivity index (χ2v) is 6.22. The lowest BCUT2D eigenvalue weighted by molar-refractivity contribution is -0.117. The summed E-state index contributed by atoms with van der Waals surface area (Å²) in [4.78, 5) is 12.2. The lowest BCUT2D eigenvalue weighted by Crippen LogP contribution is -2.33. The van der Waals surface area contributed by atoms with E-state index in [1.54, 1.807) is 25.3 Å². The van der Waals surface area contributed by atoms with E-state index in [0.29, 0.717) is 21.5 Å². The first-order chi connectivity index (χ1) is 11.1. The number of methoxy groups -OCH3 is 2. The highest BCUT2D eigenvalue weighted by Crippen LogP contribution is 2.36. The van der Waals surface area contributed by atoms with E-state index in [4.69, 9.17) is 9.47 Å². The summed E-state index contributed by atoms with van der Waals surface area (Å²) in [6, 6.07) is 5.65. The van der Waals surface area contributed by atoms with Crippen LogP contribution in [0.2, 0.25) is 0 Å². The van der Waals surface area contributed by atoms with Gasteiger partial charge in [0.15, 0.2) is 11.5 Å². The molecule has 0 radical (unpaired) electrons. The number of hydrogen-bond donors (Lipinski definition) is 1. The lowest BCUT2D eigenvalue weighted by atomic mass is 10.1. The Bertz CT molecular complexity index is 659. The van der Waals surface area contributed by atoms with Crippen LogP contribution in [0.5, 0.6) is 11.5 Å². The van der Waals surface area contributed by atoms with Crippen molar-refractivity contribution in [3.63, 3.8) is 0 Å². The third kappa shape index (κ3) is 4.26. The SMILES string of the molecule is COc1cc(/C=C(\C#N)C(=O)NC2CCCC2)cc(Br)c1OC. The Morgan fingerprint density at radius 1 is 1.35 bits per heavy atom. The Morgan fingerprint density at radius 3 is 2.61 bits per heavy atom. The van der Waals surface area contributed by atoms with Crippen LogP contribution in [0.15, 0.2) is 22.2 Å². The average molecular weight is 379 g/mol. The maximum Gasteiger partial charge on any atom is 0.262 e. The fourth-order valence-electron chi connectivity index (χ4n) is 2.67. The second kappa shape index (κ2) is 8.02. The second-order valence-electron chi connectivity index (χ2n) is 5.36. The van der Waals surface area contributed by atoms with E-state index in [1.807, 2.05) is 6.07 Å². The first-order valence-corrected chi connectivity index (χ1v) is 8.22. The number of hydrogen-bond acceptors (Lipinski definition) is 4. The molecule has 5 nitrogen and oxygen atoms in total. The van der Waals surface area contributed by atoms with Gasteiger partial charge in [0.1, 0.15) is 11.6 Å². The van der Waals surface area contributed by atoms with Crippen LogP contribution in [0.4, 0.5) is 0 Å². The third-order valence-electron chi connectivity index (χ3n) is 3.82. The summed E-state index contributed by atoms with van der Waals surface area (Å²) in [7, 11) is 3.09. The van der Waals surface area contributed by atoms with E-state index in [0.717, 1.165) is 25.7 Å². The number of nitrogens with zero attached hydrogens (tertiary/aromatic N) is 1. The molecule has 0 heterocycles. The molecule has 0 spiro atoms. The standard InChI is InChI=1S/C17H19BrN2O3/c1-22-15-9-11(8-14(18)16(15)23-2)7-12(10-19)17(21)20-13-5-3-4-6-13/h7-9,13H,3-6H2,1-2H3,(H,20,21)/b12-7+. The van der Waals surface area contributed by atoms with E-state index in [-0.39, 0.29) is 17.5 Å². The molecule has 6 heteroatoms. The Labute approximate surface area is 144 Å². The molecule has 1 fully saturated rings. The maximum absolute atomic E-state index is 12.2. The molecule has 2 rings (SSSR count). The number of carbonyl (C=O) groups is 1.